The number of rotatable bonds is 3. The largest absolute Gasteiger partial charge is 0.309 e. The highest BCUT2D eigenvalue weighted by atomic mass is 79.9. The summed E-state index contributed by atoms with van der Waals surface area (Å²) in [7, 11) is 4.12. The Hall–Kier alpha value is 0.470. The zero-order valence-corrected chi connectivity index (χ0v) is 8.49. The summed E-state index contributed by atoms with van der Waals surface area (Å²) < 4.78 is 0. The van der Waals surface area contributed by atoms with E-state index in [1.165, 1.54) is 0 Å². The second-order valence-electron chi connectivity index (χ2n) is 1.88. The zero-order chi connectivity index (χ0) is 5.70. The smallest absolute Gasteiger partial charge is 0.000970 e. The molecule has 9 heavy (non-hydrogen) atoms. The highest BCUT2D eigenvalue weighted by Crippen LogP contribution is 1.80. The molecule has 0 saturated carbocycles. The van der Waals surface area contributed by atoms with Gasteiger partial charge in [-0.25, -0.2) is 0 Å². The second-order valence-corrected chi connectivity index (χ2v) is 1.88. The lowest BCUT2D eigenvalue weighted by Gasteiger charge is -2.04. The molecule has 0 aliphatic heterocycles. The summed E-state index contributed by atoms with van der Waals surface area (Å²) in [6, 6.07) is 0. The van der Waals surface area contributed by atoms with Gasteiger partial charge in [-0.2, -0.15) is 0 Å². The first-order chi connectivity index (χ1) is 3.27. The fraction of sp³-hybridized carbons (Fsp3) is 0.667. The van der Waals surface area contributed by atoms with Crippen molar-refractivity contribution in [1.82, 2.24) is 4.90 Å². The number of hydrogen-bond donors (Lipinski definition) is 0. The summed E-state index contributed by atoms with van der Waals surface area (Å²) in [5.41, 5.74) is 0. The average Bonchev–Trinajstić information content (AvgIpc) is 1.61. The van der Waals surface area contributed by atoms with Crippen molar-refractivity contribution in [1.29, 1.82) is 0 Å². The Morgan fingerprint density at radius 2 is 1.89 bits per heavy atom. The van der Waals surface area contributed by atoms with Gasteiger partial charge >= 0.3 is 0 Å². The van der Waals surface area contributed by atoms with Crippen molar-refractivity contribution in [3.63, 3.8) is 0 Å². The van der Waals surface area contributed by atoms with Crippen LogP contribution in [0.3, 0.4) is 0 Å². The molecule has 0 aromatic carbocycles. The minimum Gasteiger partial charge on any atom is -0.309 e. The van der Waals surface area contributed by atoms with Gasteiger partial charge in [-0.3, -0.25) is 0 Å². The molecule has 0 atom stereocenters. The molecule has 0 unspecified atom stereocenters. The normalized spacial score (nSPS) is 7.44. The predicted octanol–water partition coefficient (Wildman–Crippen LogP) is 2.12. The molecule has 0 N–H and O–H groups in total. The van der Waals surface area contributed by atoms with Crippen LogP contribution in [0, 0.1) is 0 Å². The number of halogens is 2. The zero-order valence-electron chi connectivity index (χ0n) is 5.96. The summed E-state index contributed by atoms with van der Waals surface area (Å²) in [5.74, 6) is 0. The number of hydrogen-bond acceptors (Lipinski definition) is 1. The van der Waals surface area contributed by atoms with Crippen LogP contribution >= 0.6 is 29.4 Å². The van der Waals surface area contributed by atoms with Gasteiger partial charge in [-0.15, -0.1) is 36.0 Å². The molecule has 1 nitrogen and oxygen atoms in total. The molecule has 0 spiro atoms. The Balaban J connectivity index is -0.000000180. The van der Waals surface area contributed by atoms with Gasteiger partial charge in [0.2, 0.25) is 0 Å². The summed E-state index contributed by atoms with van der Waals surface area (Å²) >= 11 is 0. The molecule has 0 bridgehead atoms. The first kappa shape index (κ1) is 16.2. The Morgan fingerprint density at radius 1 is 1.44 bits per heavy atom. The second kappa shape index (κ2) is 11.3. The molecule has 0 aromatic rings. The standard InChI is InChI=1S/C6H13N.BrH.ClH/c1-4-5-6-7(2)3;;/h4H,1,5-6H2,2-3H3;2*1H. The molecule has 0 aromatic heterocycles. The van der Waals surface area contributed by atoms with Crippen molar-refractivity contribution in [3.05, 3.63) is 12.7 Å². The SMILES string of the molecule is Br.C=CCCN(C)C.Cl. The molecule has 0 fully saturated rings. The van der Waals surface area contributed by atoms with Gasteiger partial charge in [-0.05, 0) is 20.5 Å². The van der Waals surface area contributed by atoms with Crippen molar-refractivity contribution >= 4 is 29.4 Å². The van der Waals surface area contributed by atoms with Gasteiger partial charge in [-0.1, -0.05) is 6.08 Å². The van der Waals surface area contributed by atoms with Crippen LogP contribution in [0.5, 0.6) is 0 Å². The van der Waals surface area contributed by atoms with Crippen LogP contribution in [0.2, 0.25) is 0 Å². The van der Waals surface area contributed by atoms with E-state index in [-0.39, 0.29) is 29.4 Å². The molecule has 0 rings (SSSR count). The monoisotopic (exact) mass is 215 g/mol. The van der Waals surface area contributed by atoms with E-state index in [4.69, 9.17) is 0 Å². The average molecular weight is 217 g/mol. The maximum Gasteiger partial charge on any atom is 0.000970 e. The Kier molecular flexibility index (Phi) is 20.4. The van der Waals surface area contributed by atoms with Gasteiger partial charge in [0.05, 0.1) is 0 Å². The van der Waals surface area contributed by atoms with Crippen molar-refractivity contribution in [2.75, 3.05) is 20.6 Å². The molecule has 58 valence electrons. The van der Waals surface area contributed by atoms with Crippen LogP contribution in [0.15, 0.2) is 12.7 Å². The molecule has 3 heteroatoms. The topological polar surface area (TPSA) is 3.24 Å². The van der Waals surface area contributed by atoms with Crippen molar-refractivity contribution < 1.29 is 0 Å². The fourth-order valence-electron chi connectivity index (χ4n) is 0.349. The molecule has 0 heterocycles. The van der Waals surface area contributed by atoms with Crippen LogP contribution in [-0.2, 0) is 0 Å². The minimum absolute atomic E-state index is 0. The van der Waals surface area contributed by atoms with Gasteiger partial charge in [0.25, 0.3) is 0 Å². The van der Waals surface area contributed by atoms with E-state index >= 15 is 0 Å². The van der Waals surface area contributed by atoms with Crippen molar-refractivity contribution in [2.24, 2.45) is 0 Å². The predicted molar refractivity (Wildman–Crippen MR) is 50.9 cm³/mol. The molecular formula is C6H15BrClN. The third-order valence-electron chi connectivity index (χ3n) is 0.780. The van der Waals surface area contributed by atoms with E-state index in [0.29, 0.717) is 0 Å². The number of nitrogens with zero attached hydrogens (tertiary/aromatic N) is 1. The molecule has 0 aliphatic rings. The van der Waals surface area contributed by atoms with Gasteiger partial charge in [0.1, 0.15) is 0 Å². The van der Waals surface area contributed by atoms with Crippen molar-refractivity contribution in [2.45, 2.75) is 6.42 Å². The molecule has 0 radical (unpaired) electrons. The summed E-state index contributed by atoms with van der Waals surface area (Å²) in [5, 5.41) is 0. The Bertz CT molecular complexity index is 57.0. The highest BCUT2D eigenvalue weighted by Gasteiger charge is 1.81. The summed E-state index contributed by atoms with van der Waals surface area (Å²) in [4.78, 5) is 2.14. The first-order valence-electron chi connectivity index (χ1n) is 2.53. The quantitative estimate of drug-likeness (QED) is 0.654. The highest BCUT2D eigenvalue weighted by molar-refractivity contribution is 8.93. The summed E-state index contributed by atoms with van der Waals surface area (Å²) in [6.45, 7) is 4.72. The van der Waals surface area contributed by atoms with Gasteiger partial charge in [0.15, 0.2) is 0 Å². The fourth-order valence-corrected chi connectivity index (χ4v) is 0.349. The third kappa shape index (κ3) is 17.7. The first-order valence-corrected chi connectivity index (χ1v) is 2.53. The maximum absolute atomic E-state index is 3.61. The molecular weight excluding hydrogens is 201 g/mol. The van der Waals surface area contributed by atoms with Gasteiger partial charge < -0.3 is 4.90 Å². The van der Waals surface area contributed by atoms with E-state index in [2.05, 4.69) is 25.6 Å². The Labute approximate surface area is 74.3 Å². The van der Waals surface area contributed by atoms with Crippen LogP contribution in [0.25, 0.3) is 0 Å². The summed E-state index contributed by atoms with van der Waals surface area (Å²) in [6.07, 6.45) is 3.02. The lowest BCUT2D eigenvalue weighted by molar-refractivity contribution is 0.417. The minimum atomic E-state index is 0. The van der Waals surface area contributed by atoms with E-state index < -0.39 is 0 Å². The van der Waals surface area contributed by atoms with Crippen molar-refractivity contribution in [3.8, 4) is 0 Å². The third-order valence-corrected chi connectivity index (χ3v) is 0.780. The van der Waals surface area contributed by atoms with Crippen LogP contribution < -0.4 is 0 Å². The van der Waals surface area contributed by atoms with Crippen LogP contribution in [-0.4, -0.2) is 25.5 Å². The maximum atomic E-state index is 3.61. The van der Waals surface area contributed by atoms with Crippen LogP contribution in [0.4, 0.5) is 0 Å². The van der Waals surface area contributed by atoms with Gasteiger partial charge in [0, 0.05) is 6.54 Å². The Morgan fingerprint density at radius 3 is 2.00 bits per heavy atom. The van der Waals surface area contributed by atoms with E-state index in [9.17, 15) is 0 Å². The molecule has 0 aliphatic carbocycles. The molecule has 0 amide bonds. The lowest BCUT2D eigenvalue weighted by Crippen LogP contribution is -2.11. The van der Waals surface area contributed by atoms with Crippen LogP contribution in [0.1, 0.15) is 6.42 Å². The lowest BCUT2D eigenvalue weighted by atomic mass is 10.4. The van der Waals surface area contributed by atoms with E-state index in [1.54, 1.807) is 0 Å². The molecule has 0 saturated heterocycles. The van der Waals surface area contributed by atoms with E-state index in [0.717, 1.165) is 13.0 Å². The van der Waals surface area contributed by atoms with E-state index in [1.807, 2.05) is 6.08 Å².